The van der Waals surface area contributed by atoms with E-state index < -0.39 is 11.8 Å². The fourth-order valence-electron chi connectivity index (χ4n) is 3.19. The van der Waals surface area contributed by atoms with Crippen LogP contribution in [-0.2, 0) is 9.53 Å². The van der Waals surface area contributed by atoms with Crippen molar-refractivity contribution in [2.24, 2.45) is 0 Å². The Bertz CT molecular complexity index is 1020. The molecule has 0 amide bonds. The van der Waals surface area contributed by atoms with Crippen molar-refractivity contribution in [3.63, 3.8) is 0 Å². The number of esters is 1. The van der Waals surface area contributed by atoms with Gasteiger partial charge in [0.25, 0.3) is 0 Å². The van der Waals surface area contributed by atoms with E-state index in [1.165, 1.54) is 60.9 Å². The van der Waals surface area contributed by atoms with Crippen LogP contribution < -0.4 is 28.4 Å². The highest BCUT2D eigenvalue weighted by Crippen LogP contribution is 2.41. The van der Waals surface area contributed by atoms with Crippen LogP contribution in [0.25, 0.3) is 6.08 Å². The second-order valence-corrected chi connectivity index (χ2v) is 6.45. The van der Waals surface area contributed by atoms with E-state index >= 15 is 0 Å². The molecule has 0 aliphatic heterocycles. The molecule has 0 aliphatic carbocycles. The number of rotatable bonds is 11. The Morgan fingerprint density at radius 3 is 1.73 bits per heavy atom. The predicted octanol–water partition coefficient (Wildman–Crippen LogP) is 3.57. The van der Waals surface area contributed by atoms with Gasteiger partial charge in [0, 0.05) is 11.1 Å². The van der Waals surface area contributed by atoms with Gasteiger partial charge in [0.1, 0.15) is 5.57 Å². The largest absolute Gasteiger partial charge is 0.493 e. The van der Waals surface area contributed by atoms with E-state index in [0.717, 1.165) is 0 Å². The first kappa shape index (κ1) is 25.4. The average Bonchev–Trinajstić information content (AvgIpc) is 2.84. The second kappa shape index (κ2) is 11.7. The van der Waals surface area contributed by atoms with Crippen molar-refractivity contribution in [1.29, 1.82) is 0 Å². The molecule has 0 aliphatic rings. The summed E-state index contributed by atoms with van der Waals surface area (Å²) in [7, 11) is 8.71. The van der Waals surface area contributed by atoms with Crippen LogP contribution in [0, 0.1) is 0 Å². The third kappa shape index (κ3) is 5.31. The third-order valence-electron chi connectivity index (χ3n) is 4.70. The van der Waals surface area contributed by atoms with Gasteiger partial charge in [-0.05, 0) is 37.3 Å². The highest BCUT2D eigenvalue weighted by atomic mass is 16.5. The van der Waals surface area contributed by atoms with Gasteiger partial charge in [0.2, 0.25) is 17.3 Å². The molecule has 33 heavy (non-hydrogen) atoms. The Hall–Kier alpha value is -3.88. The summed E-state index contributed by atoms with van der Waals surface area (Å²) in [6, 6.07) is 6.20. The Morgan fingerprint density at radius 2 is 1.27 bits per heavy atom. The quantitative estimate of drug-likeness (QED) is 0.164. The van der Waals surface area contributed by atoms with Crippen molar-refractivity contribution >= 4 is 17.8 Å². The zero-order valence-electron chi connectivity index (χ0n) is 19.8. The highest BCUT2D eigenvalue weighted by molar-refractivity contribution is 6.27. The van der Waals surface area contributed by atoms with E-state index in [9.17, 15) is 9.59 Å². The Balaban J connectivity index is 2.72. The van der Waals surface area contributed by atoms with Crippen LogP contribution in [0.15, 0.2) is 29.8 Å². The minimum Gasteiger partial charge on any atom is -0.493 e. The van der Waals surface area contributed by atoms with Gasteiger partial charge in [-0.2, -0.15) is 0 Å². The van der Waals surface area contributed by atoms with E-state index in [0.29, 0.717) is 22.8 Å². The topological polar surface area (TPSA) is 98.8 Å². The van der Waals surface area contributed by atoms with Gasteiger partial charge >= 0.3 is 5.97 Å². The second-order valence-electron chi connectivity index (χ2n) is 6.45. The van der Waals surface area contributed by atoms with Gasteiger partial charge in [0.15, 0.2) is 23.0 Å². The molecule has 178 valence electrons. The van der Waals surface area contributed by atoms with Crippen LogP contribution >= 0.6 is 0 Å². The number of Topliss-reactive ketones (excluding diaryl/α,β-unsaturated/α-hetero) is 1. The third-order valence-corrected chi connectivity index (χ3v) is 4.70. The van der Waals surface area contributed by atoms with E-state index in [-0.39, 0.29) is 35.0 Å². The maximum absolute atomic E-state index is 13.5. The van der Waals surface area contributed by atoms with E-state index in [1.807, 2.05) is 0 Å². The van der Waals surface area contributed by atoms with E-state index in [4.69, 9.17) is 33.2 Å². The number of carbonyl (C=O) groups is 2. The summed E-state index contributed by atoms with van der Waals surface area (Å²) in [5.41, 5.74) is 0.332. The number of carbonyl (C=O) groups excluding carboxylic acids is 2. The van der Waals surface area contributed by atoms with Crippen molar-refractivity contribution in [2.45, 2.75) is 6.92 Å². The number of ketones is 1. The minimum atomic E-state index is -0.798. The van der Waals surface area contributed by atoms with Crippen molar-refractivity contribution < 1.29 is 42.7 Å². The number of methoxy groups -OCH3 is 6. The van der Waals surface area contributed by atoms with Gasteiger partial charge in [-0.1, -0.05) is 0 Å². The molecule has 0 unspecified atom stereocenters. The van der Waals surface area contributed by atoms with Crippen molar-refractivity contribution in [2.75, 3.05) is 49.3 Å². The maximum Gasteiger partial charge on any atom is 0.342 e. The summed E-state index contributed by atoms with van der Waals surface area (Å²) in [5, 5.41) is 0. The Kier molecular flexibility index (Phi) is 8.97. The zero-order valence-corrected chi connectivity index (χ0v) is 19.8. The van der Waals surface area contributed by atoms with Crippen LogP contribution in [0.2, 0.25) is 0 Å². The number of hydrogen-bond donors (Lipinski definition) is 0. The molecule has 0 heterocycles. The molecule has 0 saturated heterocycles. The van der Waals surface area contributed by atoms with Gasteiger partial charge < -0.3 is 33.2 Å². The lowest BCUT2D eigenvalue weighted by molar-refractivity contribution is -0.137. The van der Waals surface area contributed by atoms with Crippen LogP contribution in [-0.4, -0.2) is 61.0 Å². The molecule has 9 heteroatoms. The molecule has 0 N–H and O–H groups in total. The first-order chi connectivity index (χ1) is 15.9. The average molecular weight is 460 g/mol. The maximum atomic E-state index is 13.5. The van der Waals surface area contributed by atoms with Crippen molar-refractivity contribution in [1.82, 2.24) is 0 Å². The molecule has 0 atom stereocenters. The highest BCUT2D eigenvalue weighted by Gasteiger charge is 2.26. The number of benzene rings is 2. The molecule has 0 bridgehead atoms. The van der Waals surface area contributed by atoms with E-state index in [1.54, 1.807) is 19.1 Å². The number of ether oxygens (including phenoxy) is 7. The minimum absolute atomic E-state index is 0.0851. The molecule has 2 aromatic rings. The monoisotopic (exact) mass is 460 g/mol. The van der Waals surface area contributed by atoms with Crippen LogP contribution in [0.3, 0.4) is 0 Å². The SMILES string of the molecule is CCOC(=O)/C(=C/c1ccc(OC)c(OC)c1OC)C(=O)c1cc(OC)c(OC)c(OC)c1. The molecule has 0 fully saturated rings. The lowest BCUT2D eigenvalue weighted by atomic mass is 9.99. The smallest absolute Gasteiger partial charge is 0.342 e. The Morgan fingerprint density at radius 1 is 0.727 bits per heavy atom. The van der Waals surface area contributed by atoms with Crippen LogP contribution in [0.5, 0.6) is 34.5 Å². The molecule has 2 rings (SSSR count). The summed E-state index contributed by atoms with van der Waals surface area (Å²) in [6.45, 7) is 1.73. The summed E-state index contributed by atoms with van der Waals surface area (Å²) >= 11 is 0. The first-order valence-corrected chi connectivity index (χ1v) is 9.93. The fraction of sp³-hybridized carbons (Fsp3) is 0.333. The zero-order chi connectivity index (χ0) is 24.5. The molecule has 9 nitrogen and oxygen atoms in total. The van der Waals surface area contributed by atoms with Gasteiger partial charge in [-0.25, -0.2) is 4.79 Å². The summed E-state index contributed by atoms with van der Waals surface area (Å²) in [6.07, 6.45) is 1.38. The lowest BCUT2D eigenvalue weighted by Gasteiger charge is -2.16. The van der Waals surface area contributed by atoms with Gasteiger partial charge in [-0.3, -0.25) is 4.79 Å². The summed E-state index contributed by atoms with van der Waals surface area (Å²) in [4.78, 5) is 26.2. The van der Waals surface area contributed by atoms with E-state index in [2.05, 4.69) is 0 Å². The van der Waals surface area contributed by atoms with Crippen LogP contribution in [0.4, 0.5) is 0 Å². The molecule has 0 radical (unpaired) electrons. The predicted molar refractivity (Wildman–Crippen MR) is 121 cm³/mol. The molecule has 0 saturated carbocycles. The van der Waals surface area contributed by atoms with Crippen molar-refractivity contribution in [3.05, 3.63) is 41.0 Å². The molecular formula is C24H28O9. The lowest BCUT2D eigenvalue weighted by Crippen LogP contribution is -2.16. The van der Waals surface area contributed by atoms with Gasteiger partial charge in [-0.15, -0.1) is 0 Å². The standard InChI is InChI=1S/C24H28O9/c1-8-33-24(26)16(11-14-9-10-17(27-2)23(32-7)21(14)30-5)20(25)15-12-18(28-3)22(31-6)19(13-15)29-4/h9-13H,8H2,1-7H3/b16-11+. The Labute approximate surface area is 192 Å². The molecule has 0 aromatic heterocycles. The molecular weight excluding hydrogens is 432 g/mol. The van der Waals surface area contributed by atoms with Crippen molar-refractivity contribution in [3.8, 4) is 34.5 Å². The number of hydrogen-bond acceptors (Lipinski definition) is 9. The summed E-state index contributed by atoms with van der Waals surface area (Å²) < 4.78 is 37.2. The first-order valence-electron chi connectivity index (χ1n) is 9.93. The fourth-order valence-corrected chi connectivity index (χ4v) is 3.19. The molecule has 2 aromatic carbocycles. The van der Waals surface area contributed by atoms with Crippen LogP contribution in [0.1, 0.15) is 22.8 Å². The van der Waals surface area contributed by atoms with Gasteiger partial charge in [0.05, 0.1) is 49.3 Å². The summed E-state index contributed by atoms with van der Waals surface area (Å²) in [5.74, 6) is 0.491. The molecule has 0 spiro atoms. The normalized spacial score (nSPS) is 10.8.